The lowest BCUT2D eigenvalue weighted by molar-refractivity contribution is -0.214. The molecule has 0 aromatic carbocycles. The molecule has 1 amide bonds. The van der Waals surface area contributed by atoms with Gasteiger partial charge in [0.05, 0.1) is 30.1 Å². The number of hydrogen-bond donors (Lipinski definition) is 3. The van der Waals surface area contributed by atoms with Crippen LogP contribution in [-0.4, -0.2) is 57.8 Å². The van der Waals surface area contributed by atoms with Crippen molar-refractivity contribution in [1.82, 2.24) is 15.5 Å². The highest BCUT2D eigenvalue weighted by molar-refractivity contribution is 7.18. The first-order chi connectivity index (χ1) is 13.1. The van der Waals surface area contributed by atoms with Gasteiger partial charge in [-0.3, -0.25) is 9.89 Å². The van der Waals surface area contributed by atoms with E-state index in [4.69, 9.17) is 0 Å². The summed E-state index contributed by atoms with van der Waals surface area (Å²) in [6.07, 6.45) is 0.958. The summed E-state index contributed by atoms with van der Waals surface area (Å²) < 4.78 is 55.7. The van der Waals surface area contributed by atoms with E-state index in [2.05, 4.69) is 15.5 Å². The summed E-state index contributed by atoms with van der Waals surface area (Å²) in [6.45, 7) is -0.790. The lowest BCUT2D eigenvalue weighted by atomic mass is 9.71. The molecule has 0 spiro atoms. The Labute approximate surface area is 160 Å². The molecule has 28 heavy (non-hydrogen) atoms. The molecule has 2 aromatic heterocycles. The third kappa shape index (κ3) is 2.63. The zero-order valence-corrected chi connectivity index (χ0v) is 15.3. The standard InChI is InChI=1S/C17H16F4N4O2S/c18-16(19)1-9-11-13(28-12(9)8-2-22-23-3-8)14(26)24-10(4-25(11)7-16)15(27)5-17(20,21)6-15/h2-3,10,27H,1,4-7H2,(H,22,23)(H,24,26)/t10-/m1/s1. The fourth-order valence-corrected chi connectivity index (χ4v) is 5.66. The molecular formula is C17H16F4N4O2S. The number of H-pyrrole nitrogens is 1. The van der Waals surface area contributed by atoms with Crippen LogP contribution in [0.4, 0.5) is 23.2 Å². The largest absolute Gasteiger partial charge is 0.387 e. The first-order valence-corrected chi connectivity index (χ1v) is 9.57. The molecule has 1 fully saturated rings. The lowest BCUT2D eigenvalue weighted by Crippen LogP contribution is -2.66. The second kappa shape index (κ2) is 5.47. The second-order valence-corrected chi connectivity index (χ2v) is 8.85. The van der Waals surface area contributed by atoms with Crippen molar-refractivity contribution in [3.8, 4) is 10.4 Å². The van der Waals surface area contributed by atoms with Gasteiger partial charge in [0.25, 0.3) is 17.8 Å². The van der Waals surface area contributed by atoms with Crippen LogP contribution in [0, 0.1) is 0 Å². The normalized spacial score (nSPS) is 26.8. The molecule has 2 aliphatic heterocycles. The van der Waals surface area contributed by atoms with Crippen molar-refractivity contribution >= 4 is 22.9 Å². The number of alkyl halides is 4. The summed E-state index contributed by atoms with van der Waals surface area (Å²) in [4.78, 5) is 14.9. The van der Waals surface area contributed by atoms with Gasteiger partial charge in [0, 0.05) is 48.0 Å². The van der Waals surface area contributed by atoms with Crippen LogP contribution in [0.3, 0.4) is 0 Å². The third-order valence-corrected chi connectivity index (χ3v) is 6.88. The van der Waals surface area contributed by atoms with Crippen LogP contribution in [0.2, 0.25) is 0 Å². The predicted octanol–water partition coefficient (Wildman–Crippen LogP) is 2.41. The quantitative estimate of drug-likeness (QED) is 0.657. The maximum absolute atomic E-state index is 14.5. The third-order valence-electron chi connectivity index (χ3n) is 5.61. The number of carbonyl (C=O) groups is 1. The fraction of sp³-hybridized carbons (Fsp3) is 0.529. The van der Waals surface area contributed by atoms with E-state index >= 15 is 0 Å². The fourth-order valence-electron chi connectivity index (χ4n) is 4.43. The van der Waals surface area contributed by atoms with Crippen LogP contribution in [0.25, 0.3) is 10.4 Å². The Hall–Kier alpha value is -2.14. The number of aliphatic hydroxyl groups is 1. The van der Waals surface area contributed by atoms with E-state index in [1.54, 1.807) is 6.20 Å². The number of rotatable bonds is 2. The van der Waals surface area contributed by atoms with Gasteiger partial charge in [-0.1, -0.05) is 0 Å². The van der Waals surface area contributed by atoms with Crippen molar-refractivity contribution in [3.05, 3.63) is 22.8 Å². The van der Waals surface area contributed by atoms with Crippen LogP contribution in [-0.2, 0) is 6.42 Å². The van der Waals surface area contributed by atoms with Crippen LogP contribution >= 0.6 is 11.3 Å². The van der Waals surface area contributed by atoms with Gasteiger partial charge >= 0.3 is 0 Å². The van der Waals surface area contributed by atoms with Crippen LogP contribution in [0.15, 0.2) is 12.4 Å². The summed E-state index contributed by atoms with van der Waals surface area (Å²) in [5.74, 6) is -6.60. The topological polar surface area (TPSA) is 81.2 Å². The molecule has 3 N–H and O–H groups in total. The minimum atomic E-state index is -3.05. The van der Waals surface area contributed by atoms with Gasteiger partial charge in [0.2, 0.25) is 0 Å². The molecule has 150 valence electrons. The summed E-state index contributed by atoms with van der Waals surface area (Å²) in [5.41, 5.74) is -0.457. The van der Waals surface area contributed by atoms with E-state index in [-0.39, 0.29) is 11.4 Å². The smallest absolute Gasteiger partial charge is 0.269 e. The molecule has 1 atom stereocenters. The number of carbonyl (C=O) groups excluding carboxylic acids is 1. The van der Waals surface area contributed by atoms with Crippen LogP contribution < -0.4 is 10.2 Å². The zero-order chi connectivity index (χ0) is 19.9. The van der Waals surface area contributed by atoms with E-state index < -0.39 is 55.2 Å². The molecule has 6 nitrogen and oxygen atoms in total. The Bertz CT molecular complexity index is 951. The van der Waals surface area contributed by atoms with Crippen molar-refractivity contribution in [2.45, 2.75) is 42.8 Å². The monoisotopic (exact) mass is 416 g/mol. The van der Waals surface area contributed by atoms with Gasteiger partial charge in [0.15, 0.2) is 0 Å². The van der Waals surface area contributed by atoms with Gasteiger partial charge < -0.3 is 15.3 Å². The summed E-state index contributed by atoms with van der Waals surface area (Å²) in [6, 6.07) is -1.06. The molecule has 1 aliphatic carbocycles. The summed E-state index contributed by atoms with van der Waals surface area (Å²) >= 11 is 1.07. The number of anilines is 1. The highest BCUT2D eigenvalue weighted by atomic mass is 32.1. The predicted molar refractivity (Wildman–Crippen MR) is 93.1 cm³/mol. The first-order valence-electron chi connectivity index (χ1n) is 8.76. The van der Waals surface area contributed by atoms with E-state index in [9.17, 15) is 27.5 Å². The van der Waals surface area contributed by atoms with E-state index in [0.717, 1.165) is 11.3 Å². The van der Waals surface area contributed by atoms with Gasteiger partial charge in [0.1, 0.15) is 4.88 Å². The number of hydrogen-bond acceptors (Lipinski definition) is 5. The lowest BCUT2D eigenvalue weighted by Gasteiger charge is -2.49. The second-order valence-electron chi connectivity index (χ2n) is 7.83. The van der Waals surface area contributed by atoms with E-state index in [1.807, 2.05) is 0 Å². The zero-order valence-electron chi connectivity index (χ0n) is 14.4. The molecule has 0 bridgehead atoms. The van der Waals surface area contributed by atoms with Gasteiger partial charge in [-0.2, -0.15) is 5.10 Å². The molecule has 4 heterocycles. The molecular weight excluding hydrogens is 400 g/mol. The summed E-state index contributed by atoms with van der Waals surface area (Å²) in [5, 5.41) is 19.6. The Balaban J connectivity index is 1.58. The first kappa shape index (κ1) is 17.9. The number of halogens is 4. The SMILES string of the molecule is O=C1N[C@@H](C2(O)CC(F)(F)C2)CN2CC(F)(F)Cc3c(-c4cn[nH]c4)sc1c32. The number of aromatic nitrogens is 2. The highest BCUT2D eigenvalue weighted by Gasteiger charge is 2.61. The van der Waals surface area contributed by atoms with Crippen molar-refractivity contribution in [3.63, 3.8) is 0 Å². The van der Waals surface area contributed by atoms with Crippen LogP contribution in [0.5, 0.6) is 0 Å². The number of nitrogens with one attached hydrogen (secondary N) is 2. The van der Waals surface area contributed by atoms with Gasteiger partial charge in [-0.05, 0) is 0 Å². The molecule has 0 saturated heterocycles. The Morgan fingerprint density at radius 2 is 1.96 bits per heavy atom. The van der Waals surface area contributed by atoms with E-state index in [0.29, 0.717) is 21.7 Å². The molecule has 5 rings (SSSR count). The molecule has 0 unspecified atom stereocenters. The molecule has 1 saturated carbocycles. The number of aromatic amines is 1. The van der Waals surface area contributed by atoms with E-state index in [1.165, 1.54) is 11.1 Å². The molecule has 0 radical (unpaired) electrons. The minimum absolute atomic E-state index is 0.157. The maximum Gasteiger partial charge on any atom is 0.269 e. The van der Waals surface area contributed by atoms with Crippen molar-refractivity contribution < 1.29 is 27.5 Å². The molecule has 11 heteroatoms. The van der Waals surface area contributed by atoms with Gasteiger partial charge in [-0.15, -0.1) is 11.3 Å². The number of amides is 1. The summed E-state index contributed by atoms with van der Waals surface area (Å²) in [7, 11) is 0. The minimum Gasteiger partial charge on any atom is -0.387 e. The maximum atomic E-state index is 14.5. The van der Waals surface area contributed by atoms with Crippen molar-refractivity contribution in [1.29, 1.82) is 0 Å². The van der Waals surface area contributed by atoms with Gasteiger partial charge in [-0.25, -0.2) is 17.6 Å². The average Bonchev–Trinajstić information content (AvgIpc) is 3.15. The van der Waals surface area contributed by atoms with Crippen LogP contribution in [0.1, 0.15) is 28.1 Å². The van der Waals surface area contributed by atoms with Crippen molar-refractivity contribution in [2.75, 3.05) is 18.0 Å². The average molecular weight is 416 g/mol. The van der Waals surface area contributed by atoms with Crippen molar-refractivity contribution in [2.24, 2.45) is 0 Å². The molecule has 2 aromatic rings. The molecule has 3 aliphatic rings. The Kier molecular flexibility index (Phi) is 3.50. The Morgan fingerprint density at radius 1 is 1.21 bits per heavy atom. The number of nitrogens with zero attached hydrogens (tertiary/aromatic N) is 2. The highest BCUT2D eigenvalue weighted by Crippen LogP contribution is 2.51. The number of thiophene rings is 1. The Morgan fingerprint density at radius 3 is 2.61 bits per heavy atom.